The Bertz CT molecular complexity index is 410. The lowest BCUT2D eigenvalue weighted by Crippen LogP contribution is -2.46. The van der Waals surface area contributed by atoms with Crippen LogP contribution in [0.2, 0.25) is 0 Å². The molecule has 0 radical (unpaired) electrons. The lowest BCUT2D eigenvalue weighted by Gasteiger charge is -2.38. The Balaban J connectivity index is 2.12. The molecule has 3 heteroatoms. The van der Waals surface area contributed by atoms with Gasteiger partial charge in [-0.2, -0.15) is 5.10 Å². The van der Waals surface area contributed by atoms with Gasteiger partial charge < -0.3 is 5.73 Å². The third-order valence-electron chi connectivity index (χ3n) is 4.67. The third kappa shape index (κ3) is 3.38. The van der Waals surface area contributed by atoms with Crippen molar-refractivity contribution in [3.63, 3.8) is 0 Å². The van der Waals surface area contributed by atoms with Crippen molar-refractivity contribution in [3.05, 3.63) is 17.5 Å². The molecule has 108 valence electrons. The van der Waals surface area contributed by atoms with Crippen LogP contribution in [0.3, 0.4) is 0 Å². The maximum absolute atomic E-state index is 6.69. The zero-order valence-corrected chi connectivity index (χ0v) is 12.8. The highest BCUT2D eigenvalue weighted by molar-refractivity contribution is 5.14. The average Bonchev–Trinajstić information content (AvgIpc) is 2.80. The number of rotatable bonds is 5. The zero-order valence-electron chi connectivity index (χ0n) is 12.8. The monoisotopic (exact) mass is 263 g/mol. The first-order valence-corrected chi connectivity index (χ1v) is 7.94. The molecule has 1 heterocycles. The molecule has 1 aromatic rings. The molecule has 0 bridgehead atoms. The molecule has 0 aliphatic heterocycles. The van der Waals surface area contributed by atoms with E-state index in [0.717, 1.165) is 25.3 Å². The molecule has 0 spiro atoms. The summed E-state index contributed by atoms with van der Waals surface area (Å²) in [6, 6.07) is 2.26. The average molecular weight is 263 g/mol. The van der Waals surface area contributed by atoms with Crippen molar-refractivity contribution in [2.45, 2.75) is 77.8 Å². The van der Waals surface area contributed by atoms with E-state index in [-0.39, 0.29) is 5.54 Å². The van der Waals surface area contributed by atoms with Crippen LogP contribution in [-0.4, -0.2) is 15.3 Å². The van der Waals surface area contributed by atoms with Gasteiger partial charge in [0.25, 0.3) is 0 Å². The summed E-state index contributed by atoms with van der Waals surface area (Å²) in [5, 5.41) is 4.64. The Labute approximate surface area is 117 Å². The predicted octanol–water partition coefficient (Wildman–Crippen LogP) is 3.31. The van der Waals surface area contributed by atoms with Crippen LogP contribution in [0.5, 0.6) is 0 Å². The van der Waals surface area contributed by atoms with Crippen LogP contribution in [0.15, 0.2) is 6.07 Å². The number of nitrogens with two attached hydrogens (primary N) is 1. The molecule has 1 aliphatic carbocycles. The Morgan fingerprint density at radius 1 is 1.42 bits per heavy atom. The summed E-state index contributed by atoms with van der Waals surface area (Å²) >= 11 is 0. The summed E-state index contributed by atoms with van der Waals surface area (Å²) < 4.78 is 2.14. The predicted molar refractivity (Wildman–Crippen MR) is 80.2 cm³/mol. The first-order chi connectivity index (χ1) is 9.10. The van der Waals surface area contributed by atoms with Crippen molar-refractivity contribution in [1.29, 1.82) is 0 Å². The second kappa shape index (κ2) is 6.08. The van der Waals surface area contributed by atoms with Gasteiger partial charge >= 0.3 is 0 Å². The SMILES string of the molecule is CCc1cc(CC2(N)CCCC(CC)C2)n(CC)n1. The van der Waals surface area contributed by atoms with E-state index in [1.54, 1.807) is 0 Å². The van der Waals surface area contributed by atoms with Crippen LogP contribution in [0.25, 0.3) is 0 Å². The molecule has 2 N–H and O–H groups in total. The van der Waals surface area contributed by atoms with E-state index in [2.05, 4.69) is 36.6 Å². The van der Waals surface area contributed by atoms with Gasteiger partial charge in [0, 0.05) is 24.2 Å². The first-order valence-electron chi connectivity index (χ1n) is 7.94. The molecular formula is C16H29N3. The highest BCUT2D eigenvalue weighted by Crippen LogP contribution is 2.34. The second-order valence-electron chi connectivity index (χ2n) is 6.21. The fraction of sp³-hybridized carbons (Fsp3) is 0.812. The minimum Gasteiger partial charge on any atom is -0.325 e. The molecule has 1 saturated carbocycles. The van der Waals surface area contributed by atoms with Crippen LogP contribution >= 0.6 is 0 Å². The van der Waals surface area contributed by atoms with Crippen molar-refractivity contribution in [1.82, 2.24) is 9.78 Å². The molecule has 1 fully saturated rings. The second-order valence-corrected chi connectivity index (χ2v) is 6.21. The van der Waals surface area contributed by atoms with Gasteiger partial charge in [-0.25, -0.2) is 0 Å². The van der Waals surface area contributed by atoms with Crippen LogP contribution < -0.4 is 5.73 Å². The topological polar surface area (TPSA) is 43.8 Å². The summed E-state index contributed by atoms with van der Waals surface area (Å²) in [4.78, 5) is 0. The van der Waals surface area contributed by atoms with Crippen molar-refractivity contribution in [2.75, 3.05) is 0 Å². The van der Waals surface area contributed by atoms with Crippen LogP contribution in [0, 0.1) is 5.92 Å². The van der Waals surface area contributed by atoms with E-state index in [0.29, 0.717) is 0 Å². The Morgan fingerprint density at radius 3 is 2.84 bits per heavy atom. The highest BCUT2D eigenvalue weighted by atomic mass is 15.3. The lowest BCUT2D eigenvalue weighted by atomic mass is 9.73. The molecule has 19 heavy (non-hydrogen) atoms. The normalized spacial score (nSPS) is 27.7. The molecule has 2 unspecified atom stereocenters. The number of aryl methyl sites for hydroxylation is 2. The molecule has 3 nitrogen and oxygen atoms in total. The van der Waals surface area contributed by atoms with Gasteiger partial charge in [0.1, 0.15) is 0 Å². The van der Waals surface area contributed by atoms with Gasteiger partial charge in [0.15, 0.2) is 0 Å². The third-order valence-corrected chi connectivity index (χ3v) is 4.67. The minimum atomic E-state index is -0.00308. The number of hydrogen-bond donors (Lipinski definition) is 1. The van der Waals surface area contributed by atoms with Crippen LogP contribution in [-0.2, 0) is 19.4 Å². The quantitative estimate of drug-likeness (QED) is 0.885. The molecule has 0 aromatic carbocycles. The number of nitrogens with zero attached hydrogens (tertiary/aromatic N) is 2. The van der Waals surface area contributed by atoms with Gasteiger partial charge in [-0.15, -0.1) is 0 Å². The van der Waals surface area contributed by atoms with E-state index >= 15 is 0 Å². The largest absolute Gasteiger partial charge is 0.325 e. The molecule has 0 saturated heterocycles. The van der Waals surface area contributed by atoms with E-state index in [9.17, 15) is 0 Å². The van der Waals surface area contributed by atoms with E-state index in [1.807, 2.05) is 0 Å². The minimum absolute atomic E-state index is 0.00308. The summed E-state index contributed by atoms with van der Waals surface area (Å²) in [6.07, 6.45) is 8.27. The molecule has 2 atom stereocenters. The van der Waals surface area contributed by atoms with Crippen molar-refractivity contribution in [3.8, 4) is 0 Å². The summed E-state index contributed by atoms with van der Waals surface area (Å²) in [6.45, 7) is 7.57. The Kier molecular flexibility index (Phi) is 4.67. The standard InChI is InChI=1S/C16H29N3/c1-4-13-8-7-9-16(17,11-13)12-15-10-14(5-2)18-19(15)6-3/h10,13H,4-9,11-12,17H2,1-3H3. The van der Waals surface area contributed by atoms with Gasteiger partial charge in [-0.1, -0.05) is 33.1 Å². The fourth-order valence-corrected chi connectivity index (χ4v) is 3.50. The van der Waals surface area contributed by atoms with Crippen molar-refractivity contribution in [2.24, 2.45) is 11.7 Å². The molecule has 1 aliphatic rings. The molecule has 2 rings (SSSR count). The van der Waals surface area contributed by atoms with Crippen molar-refractivity contribution < 1.29 is 0 Å². The Hall–Kier alpha value is -0.830. The Morgan fingerprint density at radius 2 is 2.21 bits per heavy atom. The van der Waals surface area contributed by atoms with Crippen LogP contribution in [0.4, 0.5) is 0 Å². The maximum Gasteiger partial charge on any atom is 0.0624 e. The van der Waals surface area contributed by atoms with Crippen LogP contribution in [0.1, 0.15) is 64.3 Å². The molecule has 0 amide bonds. The smallest absolute Gasteiger partial charge is 0.0624 e. The molecule has 1 aromatic heterocycles. The van der Waals surface area contributed by atoms with Gasteiger partial charge in [-0.3, -0.25) is 4.68 Å². The summed E-state index contributed by atoms with van der Waals surface area (Å²) in [5.41, 5.74) is 9.22. The van der Waals surface area contributed by atoms with E-state index in [4.69, 9.17) is 5.73 Å². The lowest BCUT2D eigenvalue weighted by molar-refractivity contribution is 0.215. The maximum atomic E-state index is 6.69. The van der Waals surface area contributed by atoms with E-state index < -0.39 is 0 Å². The van der Waals surface area contributed by atoms with Crippen molar-refractivity contribution >= 4 is 0 Å². The number of aromatic nitrogens is 2. The fourth-order valence-electron chi connectivity index (χ4n) is 3.50. The van der Waals surface area contributed by atoms with Gasteiger partial charge in [0.05, 0.1) is 5.69 Å². The zero-order chi connectivity index (χ0) is 13.9. The van der Waals surface area contributed by atoms with E-state index in [1.165, 1.54) is 43.5 Å². The summed E-state index contributed by atoms with van der Waals surface area (Å²) in [7, 11) is 0. The molecular weight excluding hydrogens is 234 g/mol. The first kappa shape index (κ1) is 14.6. The van der Waals surface area contributed by atoms with Gasteiger partial charge in [-0.05, 0) is 38.2 Å². The summed E-state index contributed by atoms with van der Waals surface area (Å²) in [5.74, 6) is 0.822. The number of hydrogen-bond acceptors (Lipinski definition) is 2. The highest BCUT2D eigenvalue weighted by Gasteiger charge is 2.33. The van der Waals surface area contributed by atoms with Gasteiger partial charge in [0.2, 0.25) is 0 Å².